The van der Waals surface area contributed by atoms with Crippen molar-refractivity contribution in [2.24, 2.45) is 0 Å². The summed E-state index contributed by atoms with van der Waals surface area (Å²) in [5.41, 5.74) is -0.345. The molecular weight excluding hydrogens is 186 g/mol. The third kappa shape index (κ3) is 6.48. The normalized spacial score (nSPS) is 14.9. The van der Waals surface area contributed by atoms with Crippen molar-refractivity contribution in [3.63, 3.8) is 0 Å². The molecule has 0 heterocycles. The first-order valence-electron chi connectivity index (χ1n) is 5.92. The van der Waals surface area contributed by atoms with E-state index >= 15 is 0 Å². The molecule has 0 aromatic heterocycles. The van der Waals surface area contributed by atoms with Crippen LogP contribution in [0.15, 0.2) is 0 Å². The SMILES string of the molecule is CCCN(C)CCCC(C)(C#N)NCC. The van der Waals surface area contributed by atoms with Gasteiger partial charge in [-0.25, -0.2) is 0 Å². The van der Waals surface area contributed by atoms with E-state index in [1.54, 1.807) is 0 Å². The number of nitrogens with zero attached hydrogens (tertiary/aromatic N) is 2. The van der Waals surface area contributed by atoms with Crippen LogP contribution in [0.4, 0.5) is 0 Å². The molecule has 1 N–H and O–H groups in total. The summed E-state index contributed by atoms with van der Waals surface area (Å²) in [6, 6.07) is 2.36. The van der Waals surface area contributed by atoms with Gasteiger partial charge in [0.15, 0.2) is 0 Å². The third-order valence-electron chi connectivity index (χ3n) is 2.64. The van der Waals surface area contributed by atoms with Gasteiger partial charge in [0.1, 0.15) is 5.54 Å². The lowest BCUT2D eigenvalue weighted by atomic mass is 9.97. The summed E-state index contributed by atoms with van der Waals surface area (Å²) in [6.45, 7) is 9.29. The Labute approximate surface area is 94.5 Å². The number of nitrogens with one attached hydrogen (secondary N) is 1. The minimum Gasteiger partial charge on any atom is -0.306 e. The van der Waals surface area contributed by atoms with Crippen molar-refractivity contribution >= 4 is 0 Å². The Balaban J connectivity index is 3.77. The largest absolute Gasteiger partial charge is 0.306 e. The van der Waals surface area contributed by atoms with E-state index in [-0.39, 0.29) is 5.54 Å². The molecule has 0 saturated carbocycles. The van der Waals surface area contributed by atoms with Crippen LogP contribution in [0.3, 0.4) is 0 Å². The zero-order chi connectivity index (χ0) is 11.7. The molecule has 0 aromatic carbocycles. The van der Waals surface area contributed by atoms with Crippen LogP contribution in [-0.2, 0) is 0 Å². The maximum absolute atomic E-state index is 9.06. The lowest BCUT2D eigenvalue weighted by molar-refractivity contribution is 0.306. The molecule has 1 atom stereocenters. The monoisotopic (exact) mass is 211 g/mol. The number of hydrogen-bond acceptors (Lipinski definition) is 3. The first kappa shape index (κ1) is 14.4. The zero-order valence-corrected chi connectivity index (χ0v) is 10.6. The number of nitriles is 1. The van der Waals surface area contributed by atoms with E-state index < -0.39 is 0 Å². The molecule has 0 aliphatic rings. The second-order valence-corrected chi connectivity index (χ2v) is 4.38. The van der Waals surface area contributed by atoms with Crippen molar-refractivity contribution in [2.45, 2.75) is 45.6 Å². The summed E-state index contributed by atoms with van der Waals surface area (Å²) in [4.78, 5) is 2.32. The summed E-state index contributed by atoms with van der Waals surface area (Å²) in [7, 11) is 2.14. The van der Waals surface area contributed by atoms with Gasteiger partial charge in [0.25, 0.3) is 0 Å². The van der Waals surface area contributed by atoms with Gasteiger partial charge in [-0.3, -0.25) is 5.32 Å². The van der Waals surface area contributed by atoms with E-state index in [1.165, 1.54) is 6.42 Å². The topological polar surface area (TPSA) is 39.1 Å². The maximum atomic E-state index is 9.06. The van der Waals surface area contributed by atoms with Gasteiger partial charge < -0.3 is 4.90 Å². The van der Waals surface area contributed by atoms with E-state index in [4.69, 9.17) is 5.26 Å². The molecule has 0 rings (SSSR count). The van der Waals surface area contributed by atoms with Crippen molar-refractivity contribution in [2.75, 3.05) is 26.7 Å². The summed E-state index contributed by atoms with van der Waals surface area (Å²) in [5, 5.41) is 12.3. The summed E-state index contributed by atoms with van der Waals surface area (Å²) < 4.78 is 0. The van der Waals surface area contributed by atoms with Crippen LogP contribution in [0.1, 0.15) is 40.0 Å². The first-order valence-corrected chi connectivity index (χ1v) is 5.92. The van der Waals surface area contributed by atoms with Crippen molar-refractivity contribution in [3.05, 3.63) is 0 Å². The smallest absolute Gasteiger partial charge is 0.103 e. The van der Waals surface area contributed by atoms with Crippen LogP contribution >= 0.6 is 0 Å². The Morgan fingerprint density at radius 2 is 2.00 bits per heavy atom. The third-order valence-corrected chi connectivity index (χ3v) is 2.64. The summed E-state index contributed by atoms with van der Waals surface area (Å²) in [6.07, 6.45) is 3.19. The predicted octanol–water partition coefficient (Wildman–Crippen LogP) is 2.00. The molecule has 0 bridgehead atoms. The molecular formula is C12H25N3. The van der Waals surface area contributed by atoms with Gasteiger partial charge in [0, 0.05) is 0 Å². The van der Waals surface area contributed by atoms with Gasteiger partial charge in [0.05, 0.1) is 6.07 Å². The molecule has 0 spiro atoms. The van der Waals surface area contributed by atoms with Crippen LogP contribution in [0.5, 0.6) is 0 Å². The second kappa shape index (κ2) is 7.67. The van der Waals surface area contributed by atoms with Crippen LogP contribution in [0.2, 0.25) is 0 Å². The van der Waals surface area contributed by atoms with E-state index in [2.05, 4.69) is 30.3 Å². The molecule has 0 fully saturated rings. The number of hydrogen-bond donors (Lipinski definition) is 1. The standard InChI is InChI=1S/C12H25N3/c1-5-9-15(4)10-7-8-12(3,11-13)14-6-2/h14H,5-10H2,1-4H3. The Morgan fingerprint density at radius 3 is 2.47 bits per heavy atom. The molecule has 0 aliphatic heterocycles. The molecule has 15 heavy (non-hydrogen) atoms. The lowest BCUT2D eigenvalue weighted by Crippen LogP contribution is -2.41. The molecule has 3 nitrogen and oxygen atoms in total. The minimum absolute atomic E-state index is 0.345. The fraction of sp³-hybridized carbons (Fsp3) is 0.917. The molecule has 0 amide bonds. The van der Waals surface area contributed by atoms with Gasteiger partial charge in [-0.05, 0) is 52.9 Å². The van der Waals surface area contributed by atoms with Gasteiger partial charge in [0.2, 0.25) is 0 Å². The van der Waals surface area contributed by atoms with E-state index in [1.807, 2.05) is 13.8 Å². The van der Waals surface area contributed by atoms with E-state index in [9.17, 15) is 0 Å². The Kier molecular flexibility index (Phi) is 7.37. The van der Waals surface area contributed by atoms with Crippen molar-refractivity contribution in [3.8, 4) is 6.07 Å². The molecule has 0 radical (unpaired) electrons. The molecule has 0 saturated heterocycles. The van der Waals surface area contributed by atoms with Crippen LogP contribution in [0, 0.1) is 11.3 Å². The molecule has 0 aromatic rings. The van der Waals surface area contributed by atoms with Crippen molar-refractivity contribution < 1.29 is 0 Å². The zero-order valence-electron chi connectivity index (χ0n) is 10.6. The van der Waals surface area contributed by atoms with Crippen LogP contribution in [0.25, 0.3) is 0 Å². The summed E-state index contributed by atoms with van der Waals surface area (Å²) in [5.74, 6) is 0. The van der Waals surface area contributed by atoms with Gasteiger partial charge >= 0.3 is 0 Å². The first-order chi connectivity index (χ1) is 7.08. The van der Waals surface area contributed by atoms with E-state index in [0.29, 0.717) is 0 Å². The summed E-state index contributed by atoms with van der Waals surface area (Å²) >= 11 is 0. The van der Waals surface area contributed by atoms with E-state index in [0.717, 1.165) is 32.5 Å². The average molecular weight is 211 g/mol. The highest BCUT2D eigenvalue weighted by Crippen LogP contribution is 2.11. The fourth-order valence-corrected chi connectivity index (χ4v) is 1.77. The lowest BCUT2D eigenvalue weighted by Gasteiger charge is -2.24. The van der Waals surface area contributed by atoms with Crippen LogP contribution in [-0.4, -0.2) is 37.1 Å². The highest BCUT2D eigenvalue weighted by Gasteiger charge is 2.21. The second-order valence-electron chi connectivity index (χ2n) is 4.38. The van der Waals surface area contributed by atoms with Crippen molar-refractivity contribution in [1.29, 1.82) is 5.26 Å². The maximum Gasteiger partial charge on any atom is 0.103 e. The van der Waals surface area contributed by atoms with Gasteiger partial charge in [-0.1, -0.05) is 13.8 Å². The molecule has 3 heteroatoms. The van der Waals surface area contributed by atoms with Gasteiger partial charge in [-0.2, -0.15) is 5.26 Å². The molecule has 1 unspecified atom stereocenters. The highest BCUT2D eigenvalue weighted by molar-refractivity contribution is 5.03. The average Bonchev–Trinajstić information content (AvgIpc) is 2.18. The van der Waals surface area contributed by atoms with Crippen molar-refractivity contribution in [1.82, 2.24) is 10.2 Å². The quantitative estimate of drug-likeness (QED) is 0.667. The Hall–Kier alpha value is -0.590. The predicted molar refractivity (Wildman–Crippen MR) is 64.7 cm³/mol. The number of rotatable bonds is 8. The Bertz CT molecular complexity index is 198. The van der Waals surface area contributed by atoms with Crippen LogP contribution < -0.4 is 5.32 Å². The fourth-order valence-electron chi connectivity index (χ4n) is 1.77. The molecule has 0 aliphatic carbocycles. The Morgan fingerprint density at radius 1 is 1.33 bits per heavy atom. The van der Waals surface area contributed by atoms with Gasteiger partial charge in [-0.15, -0.1) is 0 Å². The highest BCUT2D eigenvalue weighted by atomic mass is 15.1. The molecule has 88 valence electrons. The minimum atomic E-state index is -0.345.